The SMILES string of the molecule is O=C(CC=Cc1ccco1)CC=Cc1ccco1. The monoisotopic (exact) mass is 242 g/mol. The van der Waals surface area contributed by atoms with Gasteiger partial charge in [-0.15, -0.1) is 0 Å². The van der Waals surface area contributed by atoms with Gasteiger partial charge < -0.3 is 8.83 Å². The Hall–Kier alpha value is -2.29. The summed E-state index contributed by atoms with van der Waals surface area (Å²) in [6, 6.07) is 7.32. The highest BCUT2D eigenvalue weighted by Gasteiger charge is 1.96. The number of rotatable bonds is 6. The van der Waals surface area contributed by atoms with Crippen molar-refractivity contribution < 1.29 is 13.6 Å². The molecule has 0 bridgehead atoms. The lowest BCUT2D eigenvalue weighted by Gasteiger charge is -1.90. The molecule has 2 rings (SSSR count). The van der Waals surface area contributed by atoms with Crippen LogP contribution in [0.3, 0.4) is 0 Å². The molecule has 3 nitrogen and oxygen atoms in total. The van der Waals surface area contributed by atoms with Gasteiger partial charge in [-0.1, -0.05) is 12.2 Å². The average molecular weight is 242 g/mol. The van der Waals surface area contributed by atoms with E-state index in [4.69, 9.17) is 8.83 Å². The molecule has 92 valence electrons. The fourth-order valence-electron chi connectivity index (χ4n) is 1.47. The zero-order valence-corrected chi connectivity index (χ0v) is 9.91. The third-order valence-corrected chi connectivity index (χ3v) is 2.34. The molecule has 0 N–H and O–H groups in total. The van der Waals surface area contributed by atoms with E-state index in [1.54, 1.807) is 24.7 Å². The van der Waals surface area contributed by atoms with Gasteiger partial charge in [0.2, 0.25) is 0 Å². The van der Waals surface area contributed by atoms with E-state index in [0.717, 1.165) is 11.5 Å². The van der Waals surface area contributed by atoms with Gasteiger partial charge in [-0.3, -0.25) is 4.79 Å². The summed E-state index contributed by atoms with van der Waals surface area (Å²) in [5.74, 6) is 1.67. The lowest BCUT2D eigenvalue weighted by Crippen LogP contribution is -1.91. The topological polar surface area (TPSA) is 43.4 Å². The van der Waals surface area contributed by atoms with Crippen molar-refractivity contribution in [1.82, 2.24) is 0 Å². The van der Waals surface area contributed by atoms with Crippen molar-refractivity contribution in [3.8, 4) is 0 Å². The molecule has 0 fully saturated rings. The van der Waals surface area contributed by atoms with Gasteiger partial charge in [-0.05, 0) is 36.4 Å². The maximum absolute atomic E-state index is 11.5. The van der Waals surface area contributed by atoms with Gasteiger partial charge in [0, 0.05) is 12.8 Å². The first-order valence-electron chi connectivity index (χ1n) is 5.76. The molecule has 0 aromatic carbocycles. The minimum absolute atomic E-state index is 0.153. The van der Waals surface area contributed by atoms with Crippen molar-refractivity contribution >= 4 is 17.9 Å². The van der Waals surface area contributed by atoms with Crippen molar-refractivity contribution in [2.75, 3.05) is 0 Å². The first kappa shape index (κ1) is 12.2. The first-order valence-corrected chi connectivity index (χ1v) is 5.76. The molecule has 18 heavy (non-hydrogen) atoms. The van der Waals surface area contributed by atoms with Gasteiger partial charge in [0.15, 0.2) is 0 Å². The third kappa shape index (κ3) is 3.94. The molecular weight excluding hydrogens is 228 g/mol. The van der Waals surface area contributed by atoms with Crippen LogP contribution in [0.25, 0.3) is 12.2 Å². The Kier molecular flexibility index (Phi) is 4.36. The minimum Gasteiger partial charge on any atom is -0.465 e. The number of carbonyl (C=O) groups excluding carboxylic acids is 1. The molecule has 0 aliphatic rings. The molecule has 0 amide bonds. The van der Waals surface area contributed by atoms with E-state index >= 15 is 0 Å². The van der Waals surface area contributed by atoms with Crippen molar-refractivity contribution in [2.45, 2.75) is 12.8 Å². The van der Waals surface area contributed by atoms with Gasteiger partial charge in [-0.2, -0.15) is 0 Å². The standard InChI is InChI=1S/C15H14O3/c16-13(5-1-7-14-9-3-11-17-14)6-2-8-15-10-4-12-18-15/h1-4,7-12H,5-6H2. The van der Waals surface area contributed by atoms with Crippen molar-refractivity contribution in [3.63, 3.8) is 0 Å². The lowest BCUT2D eigenvalue weighted by atomic mass is 10.2. The van der Waals surface area contributed by atoms with Crippen LogP contribution in [0.5, 0.6) is 0 Å². The van der Waals surface area contributed by atoms with Crippen LogP contribution < -0.4 is 0 Å². The Morgan fingerprint density at radius 3 is 1.83 bits per heavy atom. The van der Waals surface area contributed by atoms with E-state index in [0.29, 0.717) is 12.8 Å². The Morgan fingerprint density at radius 2 is 1.44 bits per heavy atom. The molecular formula is C15H14O3. The molecule has 0 unspecified atom stereocenters. The second kappa shape index (κ2) is 6.45. The quantitative estimate of drug-likeness (QED) is 0.770. The van der Waals surface area contributed by atoms with E-state index in [1.807, 2.05) is 36.4 Å². The van der Waals surface area contributed by atoms with E-state index in [1.165, 1.54) is 0 Å². The summed E-state index contributed by atoms with van der Waals surface area (Å²) in [6.45, 7) is 0. The summed E-state index contributed by atoms with van der Waals surface area (Å²) in [5.41, 5.74) is 0. The Balaban J connectivity index is 1.72. The summed E-state index contributed by atoms with van der Waals surface area (Å²) in [4.78, 5) is 11.5. The van der Waals surface area contributed by atoms with Gasteiger partial charge in [0.25, 0.3) is 0 Å². The predicted octanol–water partition coefficient (Wildman–Crippen LogP) is 3.95. The molecule has 0 aliphatic carbocycles. The molecule has 0 saturated carbocycles. The summed E-state index contributed by atoms with van der Waals surface area (Å²) in [7, 11) is 0. The Bertz CT molecular complexity index is 468. The van der Waals surface area contributed by atoms with Crippen LogP contribution in [-0.4, -0.2) is 5.78 Å². The highest BCUT2D eigenvalue weighted by Crippen LogP contribution is 2.06. The molecule has 0 spiro atoms. The van der Waals surface area contributed by atoms with Crippen LogP contribution in [0.15, 0.2) is 57.8 Å². The number of carbonyl (C=O) groups is 1. The van der Waals surface area contributed by atoms with Crippen molar-refractivity contribution in [3.05, 3.63) is 60.5 Å². The summed E-state index contributed by atoms with van der Waals surface area (Å²) < 4.78 is 10.2. The summed E-state index contributed by atoms with van der Waals surface area (Å²) in [5, 5.41) is 0. The third-order valence-electron chi connectivity index (χ3n) is 2.34. The summed E-state index contributed by atoms with van der Waals surface area (Å²) in [6.07, 6.45) is 11.2. The van der Waals surface area contributed by atoms with E-state index < -0.39 is 0 Å². The maximum atomic E-state index is 11.5. The largest absolute Gasteiger partial charge is 0.465 e. The van der Waals surface area contributed by atoms with Crippen LogP contribution in [0.2, 0.25) is 0 Å². The van der Waals surface area contributed by atoms with Crippen LogP contribution in [-0.2, 0) is 4.79 Å². The molecule has 2 aromatic heterocycles. The number of hydrogen-bond donors (Lipinski definition) is 0. The molecule has 0 saturated heterocycles. The fraction of sp³-hybridized carbons (Fsp3) is 0.133. The zero-order chi connectivity index (χ0) is 12.6. The lowest BCUT2D eigenvalue weighted by molar-refractivity contribution is -0.117. The number of allylic oxidation sites excluding steroid dienone is 2. The fourth-order valence-corrected chi connectivity index (χ4v) is 1.47. The summed E-state index contributed by atoms with van der Waals surface area (Å²) >= 11 is 0. The maximum Gasteiger partial charge on any atom is 0.140 e. The van der Waals surface area contributed by atoms with Crippen LogP contribution in [0, 0.1) is 0 Å². The second-order valence-electron chi connectivity index (χ2n) is 3.78. The molecule has 3 heteroatoms. The molecule has 2 heterocycles. The average Bonchev–Trinajstić information content (AvgIpc) is 3.01. The highest BCUT2D eigenvalue weighted by molar-refractivity contribution is 5.82. The first-order chi connectivity index (χ1) is 8.84. The van der Waals surface area contributed by atoms with E-state index in [9.17, 15) is 4.79 Å². The minimum atomic E-state index is 0.153. The zero-order valence-electron chi connectivity index (χ0n) is 9.91. The number of Topliss-reactive ketones (excluding diaryl/α,β-unsaturated/α-hetero) is 1. The van der Waals surface area contributed by atoms with Crippen LogP contribution in [0.1, 0.15) is 24.4 Å². The van der Waals surface area contributed by atoms with Gasteiger partial charge >= 0.3 is 0 Å². The normalized spacial score (nSPS) is 11.6. The number of ketones is 1. The van der Waals surface area contributed by atoms with Crippen LogP contribution in [0.4, 0.5) is 0 Å². The van der Waals surface area contributed by atoms with E-state index in [-0.39, 0.29) is 5.78 Å². The van der Waals surface area contributed by atoms with Gasteiger partial charge in [-0.25, -0.2) is 0 Å². The Labute approximate surface area is 105 Å². The predicted molar refractivity (Wildman–Crippen MR) is 69.7 cm³/mol. The van der Waals surface area contributed by atoms with Crippen molar-refractivity contribution in [2.24, 2.45) is 0 Å². The molecule has 2 aromatic rings. The highest BCUT2D eigenvalue weighted by atomic mass is 16.3. The smallest absolute Gasteiger partial charge is 0.140 e. The van der Waals surface area contributed by atoms with E-state index in [2.05, 4.69) is 0 Å². The van der Waals surface area contributed by atoms with Crippen molar-refractivity contribution in [1.29, 1.82) is 0 Å². The number of furan rings is 2. The van der Waals surface area contributed by atoms with Gasteiger partial charge in [0.05, 0.1) is 12.5 Å². The Morgan fingerprint density at radius 1 is 0.944 bits per heavy atom. The van der Waals surface area contributed by atoms with Crippen LogP contribution >= 0.6 is 0 Å². The molecule has 0 radical (unpaired) electrons. The van der Waals surface area contributed by atoms with Gasteiger partial charge in [0.1, 0.15) is 17.3 Å². The molecule has 0 aliphatic heterocycles. The second-order valence-corrected chi connectivity index (χ2v) is 3.78. The molecule has 0 atom stereocenters. The number of hydrogen-bond acceptors (Lipinski definition) is 3.